The van der Waals surface area contributed by atoms with Crippen LogP contribution in [0.4, 0.5) is 27.6 Å². The number of benzene rings is 2. The fraction of sp³-hybridized carbons (Fsp3) is 0.222. The van der Waals surface area contributed by atoms with Crippen LogP contribution in [-0.2, 0) is 11.0 Å². The highest BCUT2D eigenvalue weighted by atomic mass is 19.4. The monoisotopic (exact) mass is 433 g/mol. The van der Waals surface area contributed by atoms with Gasteiger partial charge in [0, 0.05) is 5.56 Å². The number of alkyl halides is 5. The number of carbonyl (C=O) groups excluding carboxylic acids is 2. The summed E-state index contributed by atoms with van der Waals surface area (Å²) in [5.74, 6) is -1.85. The molecule has 0 atom stereocenters. The largest absolute Gasteiger partial charge is 0.493 e. The standard InChI is InChI=1S/C18H16F5N3O4/c1-29-14-7-10(5-6-13(14)30-17(19)20)16(28)24-9-15(27)26-25-12-4-2-3-11(8-12)18(21,22)23/h2-8,17,25H,9H2,1H3,(H,24,28)(H,26,27). The van der Waals surface area contributed by atoms with Gasteiger partial charge in [-0.1, -0.05) is 6.07 Å². The molecule has 0 fully saturated rings. The minimum atomic E-state index is -4.54. The van der Waals surface area contributed by atoms with E-state index in [0.717, 1.165) is 30.3 Å². The Balaban J connectivity index is 1.90. The lowest BCUT2D eigenvalue weighted by molar-refractivity contribution is -0.137. The van der Waals surface area contributed by atoms with Gasteiger partial charge in [0.15, 0.2) is 11.5 Å². The molecule has 0 radical (unpaired) electrons. The highest BCUT2D eigenvalue weighted by Gasteiger charge is 2.30. The molecule has 3 N–H and O–H groups in total. The number of halogens is 5. The third kappa shape index (κ3) is 6.50. The van der Waals surface area contributed by atoms with E-state index < -0.39 is 36.7 Å². The zero-order valence-corrected chi connectivity index (χ0v) is 15.3. The van der Waals surface area contributed by atoms with Crippen molar-refractivity contribution in [3.63, 3.8) is 0 Å². The predicted octanol–water partition coefficient (Wildman–Crippen LogP) is 3.19. The summed E-state index contributed by atoms with van der Waals surface area (Å²) in [5.41, 5.74) is 3.54. The van der Waals surface area contributed by atoms with Crippen molar-refractivity contribution in [3.05, 3.63) is 53.6 Å². The van der Waals surface area contributed by atoms with Crippen LogP contribution in [0.15, 0.2) is 42.5 Å². The van der Waals surface area contributed by atoms with Crippen LogP contribution < -0.4 is 25.6 Å². The first-order chi connectivity index (χ1) is 14.1. The maximum absolute atomic E-state index is 12.7. The maximum atomic E-state index is 12.7. The average Bonchev–Trinajstić information content (AvgIpc) is 2.70. The Bertz CT molecular complexity index is 906. The number of ether oxygens (including phenoxy) is 2. The minimum Gasteiger partial charge on any atom is -0.493 e. The number of methoxy groups -OCH3 is 1. The molecular formula is C18H16F5N3O4. The van der Waals surface area contributed by atoms with E-state index in [2.05, 4.69) is 20.9 Å². The van der Waals surface area contributed by atoms with E-state index in [4.69, 9.17) is 4.74 Å². The molecule has 30 heavy (non-hydrogen) atoms. The summed E-state index contributed by atoms with van der Waals surface area (Å²) in [7, 11) is 1.20. The van der Waals surface area contributed by atoms with E-state index in [0.29, 0.717) is 0 Å². The van der Waals surface area contributed by atoms with Crippen LogP contribution in [0.1, 0.15) is 15.9 Å². The van der Waals surface area contributed by atoms with Gasteiger partial charge in [0.05, 0.1) is 24.9 Å². The van der Waals surface area contributed by atoms with Crippen molar-refractivity contribution in [1.29, 1.82) is 0 Å². The molecule has 0 aromatic heterocycles. The van der Waals surface area contributed by atoms with Crippen molar-refractivity contribution >= 4 is 17.5 Å². The van der Waals surface area contributed by atoms with Gasteiger partial charge in [-0.3, -0.25) is 20.4 Å². The second-order valence-corrected chi connectivity index (χ2v) is 5.68. The van der Waals surface area contributed by atoms with E-state index in [1.54, 1.807) is 0 Å². The van der Waals surface area contributed by atoms with Crippen LogP contribution in [0.25, 0.3) is 0 Å². The van der Waals surface area contributed by atoms with E-state index >= 15 is 0 Å². The summed E-state index contributed by atoms with van der Waals surface area (Å²) in [6, 6.07) is 7.58. The zero-order chi connectivity index (χ0) is 22.3. The lowest BCUT2D eigenvalue weighted by Gasteiger charge is -2.13. The smallest absolute Gasteiger partial charge is 0.416 e. The highest BCUT2D eigenvalue weighted by molar-refractivity contribution is 5.97. The molecular weight excluding hydrogens is 417 g/mol. The Morgan fingerprint density at radius 1 is 1.07 bits per heavy atom. The van der Waals surface area contributed by atoms with Crippen LogP contribution >= 0.6 is 0 Å². The van der Waals surface area contributed by atoms with Gasteiger partial charge in [0.2, 0.25) is 0 Å². The van der Waals surface area contributed by atoms with Crippen molar-refractivity contribution in [3.8, 4) is 11.5 Å². The molecule has 0 aliphatic rings. The first kappa shape index (κ1) is 22.7. The average molecular weight is 433 g/mol. The van der Waals surface area contributed by atoms with Crippen molar-refractivity contribution in [2.75, 3.05) is 19.1 Å². The third-order valence-corrected chi connectivity index (χ3v) is 3.59. The van der Waals surface area contributed by atoms with Gasteiger partial charge in [0.1, 0.15) is 0 Å². The summed E-state index contributed by atoms with van der Waals surface area (Å²) < 4.78 is 71.7. The molecule has 0 aliphatic heterocycles. The van der Waals surface area contributed by atoms with E-state index in [1.165, 1.54) is 19.2 Å². The fourth-order valence-electron chi connectivity index (χ4n) is 2.22. The molecule has 0 bridgehead atoms. The van der Waals surface area contributed by atoms with Crippen molar-refractivity contribution in [2.45, 2.75) is 12.8 Å². The second-order valence-electron chi connectivity index (χ2n) is 5.68. The number of carbonyl (C=O) groups is 2. The number of anilines is 1. The zero-order valence-electron chi connectivity index (χ0n) is 15.3. The number of hydrogen-bond acceptors (Lipinski definition) is 5. The number of amides is 2. The highest BCUT2D eigenvalue weighted by Crippen LogP contribution is 2.31. The van der Waals surface area contributed by atoms with Crippen LogP contribution in [0.2, 0.25) is 0 Å². The van der Waals surface area contributed by atoms with E-state index in [-0.39, 0.29) is 22.7 Å². The SMILES string of the molecule is COc1cc(C(=O)NCC(=O)NNc2cccc(C(F)(F)F)c2)ccc1OC(F)F. The molecule has 2 rings (SSSR count). The maximum Gasteiger partial charge on any atom is 0.416 e. The molecule has 0 unspecified atom stereocenters. The number of hydrogen-bond donors (Lipinski definition) is 3. The Morgan fingerprint density at radius 3 is 2.43 bits per heavy atom. The molecule has 0 saturated heterocycles. The van der Waals surface area contributed by atoms with Gasteiger partial charge in [-0.25, -0.2) is 0 Å². The van der Waals surface area contributed by atoms with Crippen LogP contribution in [0.3, 0.4) is 0 Å². The van der Waals surface area contributed by atoms with Gasteiger partial charge in [-0.15, -0.1) is 0 Å². The Kier molecular flexibility index (Phi) is 7.39. The molecule has 2 aromatic rings. The number of hydrazine groups is 1. The van der Waals surface area contributed by atoms with Crippen molar-refractivity contribution in [2.24, 2.45) is 0 Å². The van der Waals surface area contributed by atoms with Gasteiger partial charge >= 0.3 is 12.8 Å². The normalized spacial score (nSPS) is 11.0. The Labute approximate surface area is 167 Å². The fourth-order valence-corrected chi connectivity index (χ4v) is 2.22. The molecule has 2 amide bonds. The van der Waals surface area contributed by atoms with E-state index in [1.807, 2.05) is 0 Å². The Hall–Kier alpha value is -3.57. The second kappa shape index (κ2) is 9.76. The number of rotatable bonds is 8. The summed E-state index contributed by atoms with van der Waals surface area (Å²) in [5, 5.41) is 2.27. The van der Waals surface area contributed by atoms with Gasteiger partial charge < -0.3 is 14.8 Å². The molecule has 162 valence electrons. The van der Waals surface area contributed by atoms with Gasteiger partial charge in [0.25, 0.3) is 11.8 Å². The first-order valence-electron chi connectivity index (χ1n) is 8.23. The predicted molar refractivity (Wildman–Crippen MR) is 95.2 cm³/mol. The molecule has 0 aliphatic carbocycles. The molecule has 7 nitrogen and oxygen atoms in total. The quantitative estimate of drug-likeness (QED) is 0.440. The lowest BCUT2D eigenvalue weighted by Crippen LogP contribution is -2.39. The summed E-state index contributed by atoms with van der Waals surface area (Å²) in [6.07, 6.45) is -4.54. The van der Waals surface area contributed by atoms with Gasteiger partial charge in [-0.05, 0) is 36.4 Å². The summed E-state index contributed by atoms with van der Waals surface area (Å²) in [4.78, 5) is 23.9. The molecule has 2 aromatic carbocycles. The van der Waals surface area contributed by atoms with E-state index in [9.17, 15) is 31.5 Å². The van der Waals surface area contributed by atoms with Gasteiger partial charge in [-0.2, -0.15) is 22.0 Å². The summed E-state index contributed by atoms with van der Waals surface area (Å²) in [6.45, 7) is -3.59. The first-order valence-corrected chi connectivity index (χ1v) is 8.23. The summed E-state index contributed by atoms with van der Waals surface area (Å²) >= 11 is 0. The molecule has 12 heteroatoms. The topological polar surface area (TPSA) is 88.7 Å². The minimum absolute atomic E-state index is 0.00658. The Morgan fingerprint density at radius 2 is 1.80 bits per heavy atom. The third-order valence-electron chi connectivity index (χ3n) is 3.59. The number of nitrogens with one attached hydrogen (secondary N) is 3. The van der Waals surface area contributed by atoms with Crippen LogP contribution in [0, 0.1) is 0 Å². The lowest BCUT2D eigenvalue weighted by atomic mass is 10.2. The van der Waals surface area contributed by atoms with Crippen molar-refractivity contribution < 1.29 is 41.0 Å². The molecule has 0 saturated carbocycles. The van der Waals surface area contributed by atoms with Crippen LogP contribution in [-0.4, -0.2) is 32.1 Å². The molecule has 0 spiro atoms. The van der Waals surface area contributed by atoms with Crippen LogP contribution in [0.5, 0.6) is 11.5 Å². The molecule has 0 heterocycles. The van der Waals surface area contributed by atoms with Crippen molar-refractivity contribution in [1.82, 2.24) is 10.7 Å².